The van der Waals surface area contributed by atoms with E-state index in [1.54, 1.807) is 63.2 Å². The molecule has 1 atom stereocenters. The minimum Gasteiger partial charge on any atom is -0.483 e. The molecule has 0 bridgehead atoms. The number of aromatic nitrogens is 3. The number of likely N-dealkylation sites (N-methyl/N-ethyl adjacent to an activating group) is 1. The standard InChI is InChI=1S/C31H34N4O8/c1-18(36)19-8-10-20(11-9-19)34-27(38)33-15-14-23-26(35(33)28(34)39)22-13-12-21(16-24(22)42-31(23,5)6)41-29(40)32(7)17-25(37)43-30(2,3)4/h8-14,16,26H,15,17H2,1-7H3. The Balaban J connectivity index is 1.48. The topological polar surface area (TPSA) is 131 Å². The predicted molar refractivity (Wildman–Crippen MR) is 156 cm³/mol. The number of rotatable bonds is 5. The number of allylic oxidation sites excluding steroid dienone is 1. The number of nitrogens with zero attached hydrogens (tertiary/aromatic N) is 4. The molecule has 1 aromatic heterocycles. The van der Waals surface area contributed by atoms with Crippen LogP contribution in [0, 0.1) is 0 Å². The molecule has 1 unspecified atom stereocenters. The third kappa shape index (κ3) is 5.52. The van der Waals surface area contributed by atoms with E-state index in [2.05, 4.69) is 0 Å². The van der Waals surface area contributed by atoms with Crippen molar-refractivity contribution in [1.29, 1.82) is 0 Å². The zero-order valence-electron chi connectivity index (χ0n) is 25.2. The summed E-state index contributed by atoms with van der Waals surface area (Å²) in [5.74, 6) is -0.149. The van der Waals surface area contributed by atoms with Crippen molar-refractivity contribution in [1.82, 2.24) is 18.8 Å². The van der Waals surface area contributed by atoms with Gasteiger partial charge in [0.05, 0.1) is 12.2 Å². The maximum Gasteiger partial charge on any atom is 0.415 e. The fraction of sp³-hybridized carbons (Fsp3) is 0.387. The molecule has 2 aromatic carbocycles. The lowest BCUT2D eigenvalue weighted by Gasteiger charge is -2.42. The van der Waals surface area contributed by atoms with Gasteiger partial charge in [0.25, 0.3) is 0 Å². The molecule has 0 spiro atoms. The highest BCUT2D eigenvalue weighted by atomic mass is 16.6. The van der Waals surface area contributed by atoms with Crippen LogP contribution >= 0.6 is 0 Å². The van der Waals surface area contributed by atoms with Crippen LogP contribution in [0.4, 0.5) is 4.79 Å². The van der Waals surface area contributed by atoms with Gasteiger partial charge in [0.1, 0.15) is 35.3 Å². The summed E-state index contributed by atoms with van der Waals surface area (Å²) >= 11 is 0. The molecule has 0 radical (unpaired) electrons. The number of ether oxygens (including phenoxy) is 3. The highest BCUT2D eigenvalue weighted by molar-refractivity contribution is 5.94. The van der Waals surface area contributed by atoms with Crippen molar-refractivity contribution >= 4 is 17.8 Å². The number of esters is 1. The average molecular weight is 591 g/mol. The van der Waals surface area contributed by atoms with E-state index in [1.807, 2.05) is 19.9 Å². The third-order valence-electron chi connectivity index (χ3n) is 7.26. The summed E-state index contributed by atoms with van der Waals surface area (Å²) in [6.45, 7) is 10.2. The molecule has 12 nitrogen and oxygen atoms in total. The highest BCUT2D eigenvalue weighted by Gasteiger charge is 2.44. The minimum atomic E-state index is -0.861. The van der Waals surface area contributed by atoms with Gasteiger partial charge in [-0.15, -0.1) is 0 Å². The SMILES string of the molecule is CC(=O)c1ccc(-n2c(=O)n3n(c2=O)C2C(=CC3)C(C)(C)Oc3cc(OC(=O)N(C)CC(=O)OC(C)(C)C)ccc32)cc1. The molecule has 3 heterocycles. The summed E-state index contributed by atoms with van der Waals surface area (Å²) in [5, 5.41) is 0. The number of fused-ring (bicyclic) bond motifs is 5. The zero-order chi connectivity index (χ0) is 31.4. The van der Waals surface area contributed by atoms with Gasteiger partial charge in [0, 0.05) is 24.2 Å². The number of carbonyl (C=O) groups is 3. The van der Waals surface area contributed by atoms with Gasteiger partial charge < -0.3 is 14.2 Å². The summed E-state index contributed by atoms with van der Waals surface area (Å²) in [6, 6.07) is 10.4. The lowest BCUT2D eigenvalue weighted by Crippen LogP contribution is -2.46. The maximum absolute atomic E-state index is 13.8. The summed E-state index contributed by atoms with van der Waals surface area (Å²) in [6.07, 6.45) is 1.12. The van der Waals surface area contributed by atoms with Crippen molar-refractivity contribution in [3.8, 4) is 17.2 Å². The van der Waals surface area contributed by atoms with Crippen LogP contribution in [-0.2, 0) is 16.1 Å². The summed E-state index contributed by atoms with van der Waals surface area (Å²) in [7, 11) is 1.42. The molecule has 5 rings (SSSR count). The number of ketones is 1. The van der Waals surface area contributed by atoms with E-state index >= 15 is 0 Å². The molecule has 0 saturated heterocycles. The van der Waals surface area contributed by atoms with Crippen molar-refractivity contribution in [3.05, 3.63) is 86.2 Å². The Morgan fingerprint density at radius 1 is 1.05 bits per heavy atom. The molecular formula is C31H34N4O8. The Hall–Kier alpha value is -4.87. The van der Waals surface area contributed by atoms with Crippen LogP contribution < -0.4 is 20.9 Å². The highest BCUT2D eigenvalue weighted by Crippen LogP contribution is 2.47. The van der Waals surface area contributed by atoms with E-state index in [0.29, 0.717) is 22.6 Å². The first kappa shape index (κ1) is 29.6. The number of carbonyl (C=O) groups excluding carboxylic acids is 3. The van der Waals surface area contributed by atoms with Gasteiger partial charge in [-0.25, -0.2) is 28.3 Å². The van der Waals surface area contributed by atoms with E-state index in [0.717, 1.165) is 15.0 Å². The van der Waals surface area contributed by atoms with Gasteiger partial charge in [-0.3, -0.25) is 14.5 Å². The monoisotopic (exact) mass is 590 g/mol. The van der Waals surface area contributed by atoms with E-state index in [-0.39, 0.29) is 24.6 Å². The first-order valence-electron chi connectivity index (χ1n) is 13.8. The van der Waals surface area contributed by atoms with Crippen molar-refractivity contribution < 1.29 is 28.6 Å². The average Bonchev–Trinajstić information content (AvgIpc) is 3.16. The smallest absolute Gasteiger partial charge is 0.415 e. The number of hydrogen-bond donors (Lipinski definition) is 0. The number of hydrogen-bond acceptors (Lipinski definition) is 8. The molecule has 0 aliphatic carbocycles. The van der Waals surface area contributed by atoms with Crippen molar-refractivity contribution in [2.75, 3.05) is 13.6 Å². The van der Waals surface area contributed by atoms with Gasteiger partial charge in [-0.05, 0) is 83.5 Å². The van der Waals surface area contributed by atoms with Crippen LogP contribution in [-0.4, -0.2) is 61.5 Å². The Morgan fingerprint density at radius 3 is 2.35 bits per heavy atom. The molecule has 2 aliphatic heterocycles. The third-order valence-corrected chi connectivity index (χ3v) is 7.26. The van der Waals surface area contributed by atoms with Crippen molar-refractivity contribution in [2.45, 2.75) is 65.3 Å². The zero-order valence-corrected chi connectivity index (χ0v) is 25.2. The lowest BCUT2D eigenvalue weighted by molar-refractivity contribution is -0.155. The van der Waals surface area contributed by atoms with Gasteiger partial charge in [0.15, 0.2) is 5.78 Å². The molecule has 1 amide bonds. The molecule has 0 fully saturated rings. The van der Waals surface area contributed by atoms with E-state index in [4.69, 9.17) is 14.2 Å². The molecule has 3 aromatic rings. The molecule has 12 heteroatoms. The molecule has 0 N–H and O–H groups in total. The fourth-order valence-electron chi connectivity index (χ4n) is 5.32. The lowest BCUT2D eigenvalue weighted by atomic mass is 9.83. The van der Waals surface area contributed by atoms with Gasteiger partial charge >= 0.3 is 23.4 Å². The largest absolute Gasteiger partial charge is 0.483 e. The number of amides is 1. The Labute approximate surface area is 247 Å². The summed E-state index contributed by atoms with van der Waals surface area (Å²) < 4.78 is 21.0. The van der Waals surface area contributed by atoms with Crippen molar-refractivity contribution in [3.63, 3.8) is 0 Å². The maximum atomic E-state index is 13.8. The summed E-state index contributed by atoms with van der Waals surface area (Å²) in [5.41, 5.74) is -0.387. The first-order valence-corrected chi connectivity index (χ1v) is 13.8. The Bertz CT molecular complexity index is 1780. The molecule has 0 saturated carbocycles. The van der Waals surface area contributed by atoms with E-state index in [9.17, 15) is 24.0 Å². The predicted octanol–water partition coefficient (Wildman–Crippen LogP) is 3.48. The van der Waals surface area contributed by atoms with Gasteiger partial charge in [0.2, 0.25) is 0 Å². The Morgan fingerprint density at radius 2 is 1.72 bits per heavy atom. The van der Waals surface area contributed by atoms with Crippen LogP contribution in [0.1, 0.15) is 63.5 Å². The normalized spacial score (nSPS) is 16.5. The molecular weight excluding hydrogens is 556 g/mol. The van der Waals surface area contributed by atoms with Crippen molar-refractivity contribution in [2.24, 2.45) is 0 Å². The second-order valence-electron chi connectivity index (χ2n) is 12.1. The van der Waals surface area contributed by atoms with Crippen LogP contribution in [0.2, 0.25) is 0 Å². The van der Waals surface area contributed by atoms with Crippen LogP contribution in [0.25, 0.3) is 5.69 Å². The van der Waals surface area contributed by atoms with Crippen LogP contribution in [0.3, 0.4) is 0 Å². The molecule has 2 aliphatic rings. The van der Waals surface area contributed by atoms with Gasteiger partial charge in [-0.1, -0.05) is 6.08 Å². The fourth-order valence-corrected chi connectivity index (χ4v) is 5.32. The first-order chi connectivity index (χ1) is 20.1. The van der Waals surface area contributed by atoms with Crippen LogP contribution in [0.5, 0.6) is 11.5 Å². The Kier molecular flexibility index (Phi) is 7.19. The quantitative estimate of drug-likeness (QED) is 0.251. The molecule has 43 heavy (non-hydrogen) atoms. The van der Waals surface area contributed by atoms with E-state index in [1.165, 1.54) is 23.3 Å². The number of benzene rings is 2. The van der Waals surface area contributed by atoms with Crippen LogP contribution in [0.15, 0.2) is 63.7 Å². The summed E-state index contributed by atoms with van der Waals surface area (Å²) in [4.78, 5) is 65.0. The number of Topliss-reactive ketones (excluding diaryl/α,β-unsaturated/α-hetero) is 1. The second kappa shape index (κ2) is 10.4. The second-order valence-corrected chi connectivity index (χ2v) is 12.1. The molecule has 226 valence electrons. The van der Waals surface area contributed by atoms with Gasteiger partial charge in [-0.2, -0.15) is 0 Å². The minimum absolute atomic E-state index is 0.124. The van der Waals surface area contributed by atoms with E-state index < -0.39 is 40.7 Å².